The number of aromatic amines is 2. The molecule has 2 unspecified atom stereocenters. The maximum absolute atomic E-state index is 11.5. The minimum absolute atomic E-state index is 0.147. The zero-order chi connectivity index (χ0) is 35.2. The predicted octanol–water partition coefficient (Wildman–Crippen LogP) is 10.1. The molecule has 9 heteroatoms. The Hall–Kier alpha value is -6.74. The van der Waals surface area contributed by atoms with Crippen molar-refractivity contribution >= 4 is 21.8 Å². The fraction of sp³-hybridized carbons (Fsp3) is 0.0952. The number of para-hydroxylation sites is 2. The van der Waals surface area contributed by atoms with E-state index in [1.165, 1.54) is 0 Å². The van der Waals surface area contributed by atoms with Crippen molar-refractivity contribution in [2.24, 2.45) is 0 Å². The Bertz CT molecular complexity index is 2380. The zero-order valence-corrected chi connectivity index (χ0v) is 27.5. The summed E-state index contributed by atoms with van der Waals surface area (Å²) in [5.74, 6) is -0.187. The summed E-state index contributed by atoms with van der Waals surface area (Å²) in [6.45, 7) is -0.374. The van der Waals surface area contributed by atoms with Gasteiger partial charge < -0.3 is 14.4 Å². The van der Waals surface area contributed by atoms with Crippen LogP contribution in [0.1, 0.15) is 34.3 Å². The first-order valence-corrected chi connectivity index (χ1v) is 16.6. The van der Waals surface area contributed by atoms with Gasteiger partial charge in [-0.1, -0.05) is 127 Å². The van der Waals surface area contributed by atoms with Gasteiger partial charge in [-0.3, -0.25) is 20.2 Å². The summed E-state index contributed by atoms with van der Waals surface area (Å²) < 4.78 is 5.54. The molecule has 0 aliphatic carbocycles. The Morgan fingerprint density at radius 3 is 1.41 bits per heavy atom. The highest BCUT2D eigenvalue weighted by atomic mass is 16.6. The third-order valence-corrected chi connectivity index (χ3v) is 9.07. The molecule has 8 aromatic rings. The number of furan rings is 1. The second kappa shape index (κ2) is 14.8. The Kier molecular flexibility index (Phi) is 9.51. The summed E-state index contributed by atoms with van der Waals surface area (Å²) in [7, 11) is 0. The first-order chi connectivity index (χ1) is 25.0. The van der Waals surface area contributed by atoms with Crippen molar-refractivity contribution in [2.75, 3.05) is 13.1 Å². The molecule has 0 spiro atoms. The fourth-order valence-electron chi connectivity index (χ4n) is 6.88. The Morgan fingerprint density at radius 2 is 0.941 bits per heavy atom. The number of hydrogen-bond acceptors (Lipinski definition) is 5. The van der Waals surface area contributed by atoms with E-state index < -0.39 is 5.92 Å². The molecule has 2 N–H and O–H groups in total. The summed E-state index contributed by atoms with van der Waals surface area (Å²) in [5.41, 5.74) is 8.64. The SMILES string of the molecule is O=[N+]([O-])CC(c1ccccc1)c1c(-c2ccccc2)[nH]c2ccccc12.O=[N+]([O-])CC(c1ccco1)c1c(-c2ccccc2)[nH]c2ccccc12. The van der Waals surface area contributed by atoms with Gasteiger partial charge in [0.1, 0.15) is 11.7 Å². The van der Waals surface area contributed by atoms with Gasteiger partial charge in [-0.25, -0.2) is 0 Å². The monoisotopic (exact) mass is 674 g/mol. The molecule has 0 radical (unpaired) electrons. The molecule has 3 aromatic heterocycles. The first-order valence-electron chi connectivity index (χ1n) is 16.6. The minimum Gasteiger partial charge on any atom is -0.468 e. The topological polar surface area (TPSA) is 131 Å². The normalized spacial score (nSPS) is 12.2. The van der Waals surface area contributed by atoms with Gasteiger partial charge in [0, 0.05) is 37.2 Å². The molecular weight excluding hydrogens is 640 g/mol. The maximum Gasteiger partial charge on any atom is 0.217 e. The highest BCUT2D eigenvalue weighted by Gasteiger charge is 2.30. The summed E-state index contributed by atoms with van der Waals surface area (Å²) in [5, 5.41) is 24.8. The fourth-order valence-corrected chi connectivity index (χ4v) is 6.88. The van der Waals surface area contributed by atoms with Crippen LogP contribution in [0.2, 0.25) is 0 Å². The van der Waals surface area contributed by atoms with Crippen molar-refractivity contribution in [3.05, 3.63) is 201 Å². The maximum atomic E-state index is 11.5. The van der Waals surface area contributed by atoms with E-state index in [0.717, 1.165) is 61.0 Å². The largest absolute Gasteiger partial charge is 0.468 e. The van der Waals surface area contributed by atoms with Gasteiger partial charge in [-0.15, -0.1) is 0 Å². The van der Waals surface area contributed by atoms with E-state index in [4.69, 9.17) is 4.42 Å². The van der Waals surface area contributed by atoms with Crippen molar-refractivity contribution in [3.63, 3.8) is 0 Å². The molecule has 0 saturated carbocycles. The Labute approximate surface area is 293 Å². The second-order valence-corrected chi connectivity index (χ2v) is 12.2. The molecule has 5 aromatic carbocycles. The number of nitro groups is 2. The number of aromatic nitrogens is 2. The van der Waals surface area contributed by atoms with E-state index in [9.17, 15) is 20.2 Å². The number of rotatable bonds is 10. The lowest BCUT2D eigenvalue weighted by molar-refractivity contribution is -0.482. The lowest BCUT2D eigenvalue weighted by atomic mass is 9.87. The molecule has 51 heavy (non-hydrogen) atoms. The molecule has 0 amide bonds. The van der Waals surface area contributed by atoms with Crippen molar-refractivity contribution in [2.45, 2.75) is 11.8 Å². The average Bonchev–Trinajstić information content (AvgIpc) is 3.92. The molecule has 8 rings (SSSR count). The molecule has 2 atom stereocenters. The third-order valence-electron chi connectivity index (χ3n) is 9.07. The van der Waals surface area contributed by atoms with Crippen LogP contribution in [-0.4, -0.2) is 32.9 Å². The van der Waals surface area contributed by atoms with E-state index in [-0.39, 0.29) is 28.9 Å². The number of nitrogens with one attached hydrogen (secondary N) is 2. The van der Waals surface area contributed by atoms with Gasteiger partial charge in [-0.05, 0) is 46.5 Å². The van der Waals surface area contributed by atoms with Crippen molar-refractivity contribution in [1.29, 1.82) is 0 Å². The van der Waals surface area contributed by atoms with Crippen LogP contribution in [0.15, 0.2) is 162 Å². The standard InChI is InChI=1S/C22H18N2O2.C20H16N2O3/c25-24(26)15-19(16-9-3-1-4-10-16)21-18-13-7-8-14-20(18)23-22(21)17-11-5-2-6-12-17;23-22(24)13-16(18-11-6-12-25-18)19-15-9-4-5-10-17(15)21-20(19)14-7-2-1-3-8-14/h1-14,19,23H,15H2;1-12,16,21H,13H2. The van der Waals surface area contributed by atoms with E-state index in [1.807, 2.05) is 140 Å². The summed E-state index contributed by atoms with van der Waals surface area (Å²) in [6, 6.07) is 49.0. The van der Waals surface area contributed by atoms with E-state index in [2.05, 4.69) is 9.97 Å². The third kappa shape index (κ3) is 7.04. The van der Waals surface area contributed by atoms with Gasteiger partial charge in [0.15, 0.2) is 0 Å². The first kappa shape index (κ1) is 32.8. The van der Waals surface area contributed by atoms with Crippen LogP contribution >= 0.6 is 0 Å². The Balaban J connectivity index is 0.000000159. The molecule has 252 valence electrons. The van der Waals surface area contributed by atoms with Crippen LogP contribution in [0.3, 0.4) is 0 Å². The number of hydrogen-bond donors (Lipinski definition) is 2. The van der Waals surface area contributed by atoms with Crippen LogP contribution in [0, 0.1) is 20.2 Å². The molecule has 0 aliphatic heterocycles. The number of fused-ring (bicyclic) bond motifs is 2. The minimum atomic E-state index is -0.462. The van der Waals surface area contributed by atoms with Crippen molar-refractivity contribution in [3.8, 4) is 22.5 Å². The van der Waals surface area contributed by atoms with Crippen molar-refractivity contribution < 1.29 is 14.3 Å². The second-order valence-electron chi connectivity index (χ2n) is 12.2. The highest BCUT2D eigenvalue weighted by Crippen LogP contribution is 2.40. The van der Waals surface area contributed by atoms with E-state index in [0.29, 0.717) is 5.76 Å². The Morgan fingerprint density at radius 1 is 0.510 bits per heavy atom. The quantitative estimate of drug-likeness (QED) is 0.110. The van der Waals surface area contributed by atoms with Crippen molar-refractivity contribution in [1.82, 2.24) is 9.97 Å². The lowest BCUT2D eigenvalue weighted by Gasteiger charge is -2.16. The predicted molar refractivity (Wildman–Crippen MR) is 200 cm³/mol. The summed E-state index contributed by atoms with van der Waals surface area (Å²) in [6.07, 6.45) is 1.55. The molecule has 0 aliphatic rings. The molecular formula is C42H34N4O5. The van der Waals surface area contributed by atoms with Crippen LogP contribution in [-0.2, 0) is 0 Å². The van der Waals surface area contributed by atoms with Crippen LogP contribution < -0.4 is 0 Å². The smallest absolute Gasteiger partial charge is 0.217 e. The van der Waals surface area contributed by atoms with E-state index in [1.54, 1.807) is 18.4 Å². The van der Waals surface area contributed by atoms with Crippen LogP contribution in [0.5, 0.6) is 0 Å². The van der Waals surface area contributed by atoms with Gasteiger partial charge in [0.2, 0.25) is 13.1 Å². The molecule has 9 nitrogen and oxygen atoms in total. The number of benzene rings is 5. The van der Waals surface area contributed by atoms with Gasteiger partial charge in [0.25, 0.3) is 0 Å². The number of H-pyrrole nitrogens is 2. The zero-order valence-electron chi connectivity index (χ0n) is 27.5. The van der Waals surface area contributed by atoms with Gasteiger partial charge >= 0.3 is 0 Å². The lowest BCUT2D eigenvalue weighted by Crippen LogP contribution is -2.14. The van der Waals surface area contributed by atoms with Gasteiger partial charge in [-0.2, -0.15) is 0 Å². The average molecular weight is 675 g/mol. The number of nitrogens with zero attached hydrogens (tertiary/aromatic N) is 2. The highest BCUT2D eigenvalue weighted by molar-refractivity contribution is 5.93. The summed E-state index contributed by atoms with van der Waals surface area (Å²) >= 11 is 0. The molecule has 0 saturated heterocycles. The van der Waals surface area contributed by atoms with Gasteiger partial charge in [0.05, 0.1) is 23.6 Å². The molecule has 3 heterocycles. The molecule has 0 bridgehead atoms. The van der Waals surface area contributed by atoms with Crippen LogP contribution in [0.4, 0.5) is 0 Å². The molecule has 0 fully saturated rings. The van der Waals surface area contributed by atoms with E-state index >= 15 is 0 Å². The van der Waals surface area contributed by atoms with Crippen LogP contribution in [0.25, 0.3) is 44.3 Å². The summed E-state index contributed by atoms with van der Waals surface area (Å²) in [4.78, 5) is 29.2.